The largest absolute Gasteiger partial charge is 2.00 e. The van der Waals surface area contributed by atoms with E-state index in [1.165, 1.54) is 11.3 Å². The standard InChI is InChI=1S/C8H8N.ClH.Mg/c1-2-4-8-7(3-1)5-6-9-8;;/h1-4H,5-6H2;1H;/q-1;;+2/p-1. The molecule has 0 saturated carbocycles. The van der Waals surface area contributed by atoms with Gasteiger partial charge in [0, 0.05) is 0 Å². The van der Waals surface area contributed by atoms with Gasteiger partial charge in [-0.25, -0.2) is 0 Å². The van der Waals surface area contributed by atoms with Gasteiger partial charge in [0.2, 0.25) is 0 Å². The van der Waals surface area contributed by atoms with Crippen LogP contribution in [-0.2, 0) is 6.42 Å². The molecule has 1 aromatic rings. The number of nitrogens with zero attached hydrogens (tertiary/aromatic N) is 1. The normalized spacial score (nSPS) is 12.0. The molecule has 3 heteroatoms. The Morgan fingerprint density at radius 1 is 1.18 bits per heavy atom. The second-order valence-electron chi connectivity index (χ2n) is 2.26. The van der Waals surface area contributed by atoms with Gasteiger partial charge in [0.15, 0.2) is 0 Å². The number of para-hydroxylation sites is 1. The van der Waals surface area contributed by atoms with Crippen molar-refractivity contribution in [2.45, 2.75) is 6.42 Å². The van der Waals surface area contributed by atoms with Crippen molar-refractivity contribution in [3.63, 3.8) is 0 Å². The zero-order valence-electron chi connectivity index (χ0n) is 6.26. The van der Waals surface area contributed by atoms with Crippen LogP contribution in [0.15, 0.2) is 24.3 Å². The average molecular weight is 178 g/mol. The zero-order valence-corrected chi connectivity index (χ0v) is 8.43. The molecule has 0 fully saturated rings. The van der Waals surface area contributed by atoms with Gasteiger partial charge < -0.3 is 17.7 Å². The minimum absolute atomic E-state index is 0. The van der Waals surface area contributed by atoms with E-state index in [0.717, 1.165) is 13.0 Å². The van der Waals surface area contributed by atoms with E-state index in [9.17, 15) is 0 Å². The van der Waals surface area contributed by atoms with E-state index in [4.69, 9.17) is 0 Å². The average Bonchev–Trinajstić information content (AvgIpc) is 2.33. The summed E-state index contributed by atoms with van der Waals surface area (Å²) in [6, 6.07) is 8.32. The Labute approximate surface area is 89.1 Å². The summed E-state index contributed by atoms with van der Waals surface area (Å²) in [5.74, 6) is 0. The predicted octanol–water partition coefficient (Wildman–Crippen LogP) is -1.13. The van der Waals surface area contributed by atoms with Crippen LogP contribution in [-0.4, -0.2) is 29.6 Å². The van der Waals surface area contributed by atoms with Gasteiger partial charge in [-0.2, -0.15) is 0 Å². The Morgan fingerprint density at radius 3 is 2.64 bits per heavy atom. The van der Waals surface area contributed by atoms with Crippen LogP contribution >= 0.6 is 0 Å². The van der Waals surface area contributed by atoms with E-state index in [1.54, 1.807) is 0 Å². The molecule has 0 aliphatic carbocycles. The summed E-state index contributed by atoms with van der Waals surface area (Å²) in [4.78, 5) is 0. The van der Waals surface area contributed by atoms with Crippen molar-refractivity contribution < 1.29 is 12.4 Å². The molecule has 0 amide bonds. The van der Waals surface area contributed by atoms with Crippen LogP contribution in [0.3, 0.4) is 0 Å². The van der Waals surface area contributed by atoms with Crippen molar-refractivity contribution in [3.05, 3.63) is 35.1 Å². The Bertz CT molecular complexity index is 204. The third-order valence-electron chi connectivity index (χ3n) is 1.65. The molecule has 0 saturated heterocycles. The van der Waals surface area contributed by atoms with Gasteiger partial charge in [-0.05, 0) is 6.42 Å². The summed E-state index contributed by atoms with van der Waals surface area (Å²) >= 11 is 0. The van der Waals surface area contributed by atoms with Gasteiger partial charge >= 0.3 is 23.1 Å². The van der Waals surface area contributed by atoms with Crippen LogP contribution in [0.1, 0.15) is 5.56 Å². The number of rotatable bonds is 0. The van der Waals surface area contributed by atoms with E-state index in [1.807, 2.05) is 6.07 Å². The molecule has 1 aliphatic heterocycles. The maximum atomic E-state index is 4.30. The summed E-state index contributed by atoms with van der Waals surface area (Å²) in [5, 5.41) is 4.30. The Hall–Kier alpha value is 0.0762. The van der Waals surface area contributed by atoms with Crippen LogP contribution in [0, 0.1) is 0 Å². The molecular formula is C8H8ClMgN. The maximum absolute atomic E-state index is 4.30. The van der Waals surface area contributed by atoms with Crippen molar-refractivity contribution in [1.82, 2.24) is 0 Å². The molecule has 0 radical (unpaired) electrons. The molecule has 0 N–H and O–H groups in total. The second kappa shape index (κ2) is 4.85. The van der Waals surface area contributed by atoms with Gasteiger partial charge in [0.25, 0.3) is 0 Å². The Kier molecular flexibility index (Phi) is 4.89. The van der Waals surface area contributed by atoms with Crippen molar-refractivity contribution in [2.75, 3.05) is 6.54 Å². The molecule has 11 heavy (non-hydrogen) atoms. The fourth-order valence-corrected chi connectivity index (χ4v) is 1.17. The molecule has 0 aromatic heterocycles. The predicted molar refractivity (Wildman–Crippen MR) is 43.8 cm³/mol. The maximum Gasteiger partial charge on any atom is 2.00 e. The monoisotopic (exact) mass is 177 g/mol. The van der Waals surface area contributed by atoms with Gasteiger partial charge in [-0.15, -0.1) is 12.2 Å². The third kappa shape index (κ3) is 2.25. The van der Waals surface area contributed by atoms with Crippen molar-refractivity contribution >= 4 is 28.7 Å². The molecule has 1 heterocycles. The van der Waals surface area contributed by atoms with Crippen LogP contribution in [0.2, 0.25) is 0 Å². The quantitative estimate of drug-likeness (QED) is 0.446. The molecule has 0 unspecified atom stereocenters. The third-order valence-corrected chi connectivity index (χ3v) is 1.65. The van der Waals surface area contributed by atoms with Gasteiger partial charge in [-0.3, -0.25) is 0 Å². The second-order valence-corrected chi connectivity index (χ2v) is 2.26. The molecule has 2 rings (SSSR count). The number of benzene rings is 1. The van der Waals surface area contributed by atoms with Crippen LogP contribution in [0.4, 0.5) is 5.69 Å². The molecule has 0 atom stereocenters. The Balaban J connectivity index is 0.000000500. The van der Waals surface area contributed by atoms with Gasteiger partial charge in [-0.1, -0.05) is 29.8 Å². The molecule has 1 aromatic carbocycles. The summed E-state index contributed by atoms with van der Waals surface area (Å²) in [5.41, 5.74) is 2.59. The fourth-order valence-electron chi connectivity index (χ4n) is 1.17. The first-order valence-corrected chi connectivity index (χ1v) is 3.22. The topological polar surface area (TPSA) is 14.1 Å². The molecular weight excluding hydrogens is 170 g/mol. The molecule has 1 nitrogen and oxygen atoms in total. The van der Waals surface area contributed by atoms with Crippen molar-refractivity contribution in [3.8, 4) is 0 Å². The van der Waals surface area contributed by atoms with Crippen LogP contribution in [0.25, 0.3) is 5.32 Å². The first kappa shape index (κ1) is 11.1. The first-order chi connectivity index (χ1) is 4.47. The number of hydrogen-bond acceptors (Lipinski definition) is 0. The van der Waals surface area contributed by atoms with E-state index in [2.05, 4.69) is 23.5 Å². The van der Waals surface area contributed by atoms with E-state index >= 15 is 0 Å². The minimum Gasteiger partial charge on any atom is -1.00 e. The minimum atomic E-state index is 0. The van der Waals surface area contributed by atoms with E-state index < -0.39 is 0 Å². The number of fused-ring (bicyclic) bond motifs is 1. The summed E-state index contributed by atoms with van der Waals surface area (Å²) < 4.78 is 0. The smallest absolute Gasteiger partial charge is 1.00 e. The fraction of sp³-hybridized carbons (Fsp3) is 0.250. The molecule has 0 bridgehead atoms. The Morgan fingerprint density at radius 2 is 1.91 bits per heavy atom. The van der Waals surface area contributed by atoms with Crippen LogP contribution in [0.5, 0.6) is 0 Å². The molecule has 54 valence electrons. The van der Waals surface area contributed by atoms with E-state index in [0.29, 0.717) is 0 Å². The van der Waals surface area contributed by atoms with Gasteiger partial charge in [0.05, 0.1) is 0 Å². The zero-order chi connectivity index (χ0) is 6.10. The molecule has 0 spiro atoms. The summed E-state index contributed by atoms with van der Waals surface area (Å²) in [7, 11) is 0. The number of halogens is 1. The number of hydrogen-bond donors (Lipinski definition) is 0. The summed E-state index contributed by atoms with van der Waals surface area (Å²) in [6.07, 6.45) is 1.14. The summed E-state index contributed by atoms with van der Waals surface area (Å²) in [6.45, 7) is 0.985. The van der Waals surface area contributed by atoms with Crippen LogP contribution < -0.4 is 12.4 Å². The molecule has 1 aliphatic rings. The van der Waals surface area contributed by atoms with Gasteiger partial charge in [0.1, 0.15) is 0 Å². The van der Waals surface area contributed by atoms with E-state index in [-0.39, 0.29) is 35.5 Å². The SMILES string of the molecule is [Cl-].[Mg+2].c1ccc2c(c1)CC[N-]2. The first-order valence-electron chi connectivity index (χ1n) is 3.22. The van der Waals surface area contributed by atoms with Crippen molar-refractivity contribution in [1.29, 1.82) is 0 Å². The van der Waals surface area contributed by atoms with Crippen molar-refractivity contribution in [2.24, 2.45) is 0 Å².